The number of hydrogen-bond donors (Lipinski definition) is 3. The fourth-order valence-electron chi connectivity index (χ4n) is 2.25. The number of nitrogens with one attached hydrogen (secondary N) is 2. The molecule has 1 atom stereocenters. The van der Waals surface area contributed by atoms with Gasteiger partial charge in [0.05, 0.1) is 19.8 Å². The fraction of sp³-hybridized carbons (Fsp3) is 0.611. The maximum atomic E-state index is 9.95. The Balaban J connectivity index is 2.79. The van der Waals surface area contributed by atoms with Crippen LogP contribution in [0.4, 0.5) is 0 Å². The number of nitrogens with zero attached hydrogens (tertiary/aromatic N) is 1. The summed E-state index contributed by atoms with van der Waals surface area (Å²) in [5.74, 6) is 1.59. The predicted molar refractivity (Wildman–Crippen MR) is 97.7 cm³/mol. The van der Waals surface area contributed by atoms with E-state index in [1.807, 2.05) is 6.92 Å². The SMILES string of the molecule is CCNC(=NCc1cc(OC)ccc1O)NCC(OC)C(C)(C)C. The summed E-state index contributed by atoms with van der Waals surface area (Å²) in [5.41, 5.74) is 0.745. The molecule has 0 aliphatic heterocycles. The number of rotatable bonds is 7. The standard InChI is InChI=1S/C18H31N3O3/c1-7-19-17(21-12-16(24-6)18(2,3)4)20-11-13-10-14(23-5)8-9-15(13)22/h8-10,16,22H,7,11-12H2,1-6H3,(H2,19,20,21). The molecule has 0 heterocycles. The average Bonchev–Trinajstić information content (AvgIpc) is 2.53. The van der Waals surface area contributed by atoms with Gasteiger partial charge in [0.15, 0.2) is 5.96 Å². The van der Waals surface area contributed by atoms with Crippen molar-refractivity contribution >= 4 is 5.96 Å². The zero-order chi connectivity index (χ0) is 18.2. The first-order valence-electron chi connectivity index (χ1n) is 8.22. The molecule has 0 amide bonds. The van der Waals surface area contributed by atoms with Gasteiger partial charge in [-0.25, -0.2) is 4.99 Å². The highest BCUT2D eigenvalue weighted by Gasteiger charge is 2.24. The van der Waals surface area contributed by atoms with E-state index in [1.165, 1.54) is 0 Å². The molecule has 136 valence electrons. The van der Waals surface area contributed by atoms with Crippen LogP contribution < -0.4 is 15.4 Å². The van der Waals surface area contributed by atoms with E-state index in [0.717, 1.165) is 6.54 Å². The molecule has 0 radical (unpaired) electrons. The van der Waals surface area contributed by atoms with Gasteiger partial charge >= 0.3 is 0 Å². The molecule has 6 nitrogen and oxygen atoms in total. The Morgan fingerprint density at radius 2 is 1.96 bits per heavy atom. The summed E-state index contributed by atoms with van der Waals surface area (Å²) < 4.78 is 10.7. The second kappa shape index (κ2) is 9.37. The molecule has 1 aromatic rings. The topological polar surface area (TPSA) is 75.1 Å². The normalized spacial score (nSPS) is 13.5. The summed E-state index contributed by atoms with van der Waals surface area (Å²) in [6, 6.07) is 5.12. The van der Waals surface area contributed by atoms with Crippen molar-refractivity contribution in [3.63, 3.8) is 0 Å². The first-order valence-corrected chi connectivity index (χ1v) is 8.22. The Hall–Kier alpha value is -1.95. The van der Waals surface area contributed by atoms with Gasteiger partial charge in [-0.05, 0) is 30.5 Å². The molecule has 0 fully saturated rings. The minimum absolute atomic E-state index is 0.0319. The average molecular weight is 337 g/mol. The van der Waals surface area contributed by atoms with Gasteiger partial charge in [-0.3, -0.25) is 0 Å². The van der Waals surface area contributed by atoms with E-state index in [1.54, 1.807) is 32.4 Å². The molecule has 0 saturated heterocycles. The zero-order valence-electron chi connectivity index (χ0n) is 15.6. The van der Waals surface area contributed by atoms with Crippen molar-refractivity contribution in [3.8, 4) is 11.5 Å². The van der Waals surface area contributed by atoms with Gasteiger partial charge in [-0.1, -0.05) is 20.8 Å². The molecule has 1 rings (SSSR count). The van der Waals surface area contributed by atoms with Crippen LogP contribution in [0, 0.1) is 5.41 Å². The van der Waals surface area contributed by atoms with Crippen LogP contribution in [0.25, 0.3) is 0 Å². The molecule has 0 aliphatic rings. The third kappa shape index (κ3) is 6.28. The van der Waals surface area contributed by atoms with Crippen LogP contribution in [0.1, 0.15) is 33.3 Å². The smallest absolute Gasteiger partial charge is 0.191 e. The number of phenols is 1. The summed E-state index contributed by atoms with van der Waals surface area (Å²) in [6.07, 6.45) is 0.0616. The van der Waals surface area contributed by atoms with E-state index in [4.69, 9.17) is 9.47 Å². The quantitative estimate of drug-likeness (QED) is 0.526. The number of aliphatic imine (C=N–C) groups is 1. The second-order valence-electron chi connectivity index (χ2n) is 6.66. The number of phenolic OH excluding ortho intramolecular Hbond substituents is 1. The predicted octanol–water partition coefficient (Wildman–Crippen LogP) is 2.52. The zero-order valence-corrected chi connectivity index (χ0v) is 15.6. The molecular weight excluding hydrogens is 306 g/mol. The third-order valence-corrected chi connectivity index (χ3v) is 3.74. The molecule has 0 spiro atoms. The highest BCUT2D eigenvalue weighted by atomic mass is 16.5. The van der Waals surface area contributed by atoms with E-state index >= 15 is 0 Å². The second-order valence-corrected chi connectivity index (χ2v) is 6.66. The van der Waals surface area contributed by atoms with Crippen LogP contribution in [-0.2, 0) is 11.3 Å². The van der Waals surface area contributed by atoms with Gasteiger partial charge in [0.1, 0.15) is 11.5 Å². The van der Waals surface area contributed by atoms with Crippen molar-refractivity contribution in [2.75, 3.05) is 27.3 Å². The Morgan fingerprint density at radius 1 is 1.25 bits per heavy atom. The lowest BCUT2D eigenvalue weighted by atomic mass is 9.89. The third-order valence-electron chi connectivity index (χ3n) is 3.74. The molecule has 1 unspecified atom stereocenters. The maximum Gasteiger partial charge on any atom is 0.191 e. The molecule has 0 aliphatic carbocycles. The molecule has 1 aromatic carbocycles. The minimum atomic E-state index is 0.0319. The van der Waals surface area contributed by atoms with E-state index in [-0.39, 0.29) is 17.3 Å². The number of hydrogen-bond acceptors (Lipinski definition) is 4. The van der Waals surface area contributed by atoms with Crippen molar-refractivity contribution in [2.45, 2.75) is 40.3 Å². The van der Waals surface area contributed by atoms with Crippen LogP contribution in [0.2, 0.25) is 0 Å². The summed E-state index contributed by atoms with van der Waals surface area (Å²) in [6.45, 7) is 10.2. The van der Waals surface area contributed by atoms with Gasteiger partial charge in [0.2, 0.25) is 0 Å². The number of aromatic hydroxyl groups is 1. The first kappa shape index (κ1) is 20.1. The number of methoxy groups -OCH3 is 2. The van der Waals surface area contributed by atoms with Gasteiger partial charge in [-0.15, -0.1) is 0 Å². The summed E-state index contributed by atoms with van der Waals surface area (Å²) >= 11 is 0. The molecule has 0 aromatic heterocycles. The van der Waals surface area contributed by atoms with Gasteiger partial charge < -0.3 is 25.2 Å². The van der Waals surface area contributed by atoms with Gasteiger partial charge in [0, 0.05) is 25.8 Å². The largest absolute Gasteiger partial charge is 0.508 e. The van der Waals surface area contributed by atoms with Crippen LogP contribution >= 0.6 is 0 Å². The van der Waals surface area contributed by atoms with Crippen molar-refractivity contribution in [1.82, 2.24) is 10.6 Å². The van der Waals surface area contributed by atoms with E-state index in [2.05, 4.69) is 36.4 Å². The summed E-state index contributed by atoms with van der Waals surface area (Å²) in [7, 11) is 3.32. The van der Waals surface area contributed by atoms with Crippen LogP contribution in [0.5, 0.6) is 11.5 Å². The molecule has 0 bridgehead atoms. The first-order chi connectivity index (χ1) is 11.3. The highest BCUT2D eigenvalue weighted by molar-refractivity contribution is 5.79. The molecular formula is C18H31N3O3. The molecule has 0 saturated carbocycles. The van der Waals surface area contributed by atoms with Crippen molar-refractivity contribution < 1.29 is 14.6 Å². The monoisotopic (exact) mass is 337 g/mol. The molecule has 3 N–H and O–H groups in total. The number of guanidine groups is 1. The van der Waals surface area contributed by atoms with Crippen molar-refractivity contribution in [1.29, 1.82) is 0 Å². The lowest BCUT2D eigenvalue weighted by Crippen LogP contribution is -2.45. The van der Waals surface area contributed by atoms with Crippen molar-refractivity contribution in [2.24, 2.45) is 10.4 Å². The lowest BCUT2D eigenvalue weighted by molar-refractivity contribution is 0.0205. The van der Waals surface area contributed by atoms with Gasteiger partial charge in [0.25, 0.3) is 0 Å². The highest BCUT2D eigenvalue weighted by Crippen LogP contribution is 2.23. The summed E-state index contributed by atoms with van der Waals surface area (Å²) in [5, 5.41) is 16.5. The lowest BCUT2D eigenvalue weighted by Gasteiger charge is -2.30. The van der Waals surface area contributed by atoms with Crippen molar-refractivity contribution in [3.05, 3.63) is 23.8 Å². The van der Waals surface area contributed by atoms with E-state index < -0.39 is 0 Å². The Morgan fingerprint density at radius 3 is 2.50 bits per heavy atom. The maximum absolute atomic E-state index is 9.95. The Kier molecular flexibility index (Phi) is 7.85. The molecule has 24 heavy (non-hydrogen) atoms. The van der Waals surface area contributed by atoms with Crippen LogP contribution in [0.15, 0.2) is 23.2 Å². The van der Waals surface area contributed by atoms with Gasteiger partial charge in [-0.2, -0.15) is 0 Å². The van der Waals surface area contributed by atoms with Crippen LogP contribution in [0.3, 0.4) is 0 Å². The Bertz CT molecular complexity index is 539. The fourth-order valence-corrected chi connectivity index (χ4v) is 2.25. The number of benzene rings is 1. The Labute approximate surface area is 145 Å². The van der Waals surface area contributed by atoms with Crippen LogP contribution in [-0.4, -0.2) is 44.5 Å². The molecule has 6 heteroatoms. The minimum Gasteiger partial charge on any atom is -0.508 e. The van der Waals surface area contributed by atoms with E-state index in [9.17, 15) is 5.11 Å². The number of ether oxygens (including phenoxy) is 2. The summed E-state index contributed by atoms with van der Waals surface area (Å²) in [4.78, 5) is 4.53. The van der Waals surface area contributed by atoms with E-state index in [0.29, 0.717) is 30.4 Å².